The smallest absolute Gasteiger partial charge is 0.266 e. The van der Waals surface area contributed by atoms with Gasteiger partial charge in [0.25, 0.3) is 5.91 Å². The van der Waals surface area contributed by atoms with Gasteiger partial charge in [0.2, 0.25) is 0 Å². The van der Waals surface area contributed by atoms with Crippen LogP contribution in [0, 0.1) is 6.92 Å². The van der Waals surface area contributed by atoms with Crippen molar-refractivity contribution in [3.8, 4) is 0 Å². The molecule has 0 spiro atoms. The minimum absolute atomic E-state index is 0.0562. The van der Waals surface area contributed by atoms with E-state index in [9.17, 15) is 4.79 Å². The topological polar surface area (TPSA) is 49.6 Å². The van der Waals surface area contributed by atoms with E-state index >= 15 is 0 Å². The summed E-state index contributed by atoms with van der Waals surface area (Å²) in [7, 11) is 3.88. The Kier molecular flexibility index (Phi) is 3.95. The summed E-state index contributed by atoms with van der Waals surface area (Å²) in [6, 6.07) is 4.05. The van der Waals surface area contributed by atoms with Crippen LogP contribution < -0.4 is 4.90 Å². The van der Waals surface area contributed by atoms with Gasteiger partial charge in [0.1, 0.15) is 10.6 Å². The molecule has 6 heteroatoms. The van der Waals surface area contributed by atoms with Crippen molar-refractivity contribution in [2.75, 3.05) is 19.0 Å². The number of aryl methyl sites for hydroxylation is 1. The summed E-state index contributed by atoms with van der Waals surface area (Å²) in [5.74, 6) is 0.893. The number of furan rings is 1. The predicted octanol–water partition coefficient (Wildman–Crippen LogP) is 3.48. The van der Waals surface area contributed by atoms with E-state index in [-0.39, 0.29) is 11.9 Å². The van der Waals surface area contributed by atoms with E-state index < -0.39 is 0 Å². The lowest BCUT2D eigenvalue weighted by Crippen LogP contribution is -2.35. The average molecular weight is 319 g/mol. The third-order valence-corrected chi connectivity index (χ3v) is 5.22. The van der Waals surface area contributed by atoms with Crippen LogP contribution in [-0.2, 0) is 0 Å². The van der Waals surface area contributed by atoms with Gasteiger partial charge in [0, 0.05) is 20.1 Å². The van der Waals surface area contributed by atoms with Crippen LogP contribution in [0.5, 0.6) is 0 Å². The molecule has 0 radical (unpaired) electrons. The third-order valence-electron chi connectivity index (χ3n) is 3.91. The van der Waals surface area contributed by atoms with Crippen LogP contribution >= 0.6 is 11.3 Å². The van der Waals surface area contributed by atoms with Crippen LogP contribution in [-0.4, -0.2) is 35.9 Å². The first-order valence-electron chi connectivity index (χ1n) is 7.50. The van der Waals surface area contributed by atoms with Crippen molar-refractivity contribution in [3.63, 3.8) is 0 Å². The van der Waals surface area contributed by atoms with Crippen LogP contribution in [0.3, 0.4) is 0 Å². The Labute approximate surface area is 134 Å². The Balaban J connectivity index is 1.90. The van der Waals surface area contributed by atoms with Gasteiger partial charge in [-0.25, -0.2) is 4.98 Å². The van der Waals surface area contributed by atoms with Gasteiger partial charge in [-0.2, -0.15) is 0 Å². The highest BCUT2D eigenvalue weighted by molar-refractivity contribution is 7.17. The zero-order chi connectivity index (χ0) is 15.9. The van der Waals surface area contributed by atoms with Crippen molar-refractivity contribution >= 4 is 22.4 Å². The molecule has 5 nitrogen and oxygen atoms in total. The molecule has 118 valence electrons. The first-order valence-corrected chi connectivity index (χ1v) is 8.31. The molecule has 1 atom stereocenters. The fourth-order valence-corrected chi connectivity index (χ4v) is 3.50. The molecule has 1 aliphatic carbocycles. The Hall–Kier alpha value is -1.82. The van der Waals surface area contributed by atoms with E-state index in [1.165, 1.54) is 11.3 Å². The summed E-state index contributed by atoms with van der Waals surface area (Å²) >= 11 is 1.46. The van der Waals surface area contributed by atoms with Crippen LogP contribution in [0.4, 0.5) is 5.13 Å². The average Bonchev–Trinajstić information content (AvgIpc) is 3.02. The van der Waals surface area contributed by atoms with Crippen molar-refractivity contribution in [1.82, 2.24) is 9.88 Å². The lowest BCUT2D eigenvalue weighted by Gasteiger charge is -2.27. The summed E-state index contributed by atoms with van der Waals surface area (Å²) < 4.78 is 5.50. The molecule has 1 unspecified atom stereocenters. The molecule has 3 rings (SSSR count). The summed E-state index contributed by atoms with van der Waals surface area (Å²) in [5, 5.41) is 0.863. The lowest BCUT2D eigenvalue weighted by atomic mass is 10.2. The highest BCUT2D eigenvalue weighted by Gasteiger charge is 2.38. The van der Waals surface area contributed by atoms with E-state index in [2.05, 4.69) is 4.98 Å². The van der Waals surface area contributed by atoms with Gasteiger partial charge in [-0.3, -0.25) is 4.79 Å². The molecule has 0 saturated heterocycles. The minimum atomic E-state index is -0.0562. The molecular formula is C16H21N3O2S. The number of amides is 1. The lowest BCUT2D eigenvalue weighted by molar-refractivity contribution is 0.0657. The second-order valence-electron chi connectivity index (χ2n) is 5.94. The van der Waals surface area contributed by atoms with Crippen LogP contribution in [0.2, 0.25) is 0 Å². The Morgan fingerprint density at radius 1 is 1.45 bits per heavy atom. The molecule has 1 aliphatic rings. The van der Waals surface area contributed by atoms with Crippen molar-refractivity contribution in [3.05, 3.63) is 34.7 Å². The van der Waals surface area contributed by atoms with E-state index in [1.807, 2.05) is 49.9 Å². The normalized spacial score (nSPS) is 15.6. The molecule has 0 aromatic carbocycles. The van der Waals surface area contributed by atoms with E-state index in [4.69, 9.17) is 4.42 Å². The summed E-state index contributed by atoms with van der Waals surface area (Å²) in [6.45, 7) is 3.93. The number of hydrogen-bond donors (Lipinski definition) is 0. The minimum Gasteiger partial charge on any atom is -0.467 e. The monoisotopic (exact) mass is 319 g/mol. The van der Waals surface area contributed by atoms with Crippen molar-refractivity contribution in [2.45, 2.75) is 38.8 Å². The zero-order valence-corrected chi connectivity index (χ0v) is 14.2. The highest BCUT2D eigenvalue weighted by Crippen LogP contribution is 2.37. The Bertz CT molecular complexity index is 659. The Morgan fingerprint density at radius 2 is 2.18 bits per heavy atom. The summed E-state index contributed by atoms with van der Waals surface area (Å²) in [6.07, 6.45) is 3.79. The number of carbonyl (C=O) groups is 1. The second kappa shape index (κ2) is 5.76. The first-order chi connectivity index (χ1) is 10.5. The van der Waals surface area contributed by atoms with Crippen molar-refractivity contribution in [1.29, 1.82) is 0 Å². The zero-order valence-electron chi connectivity index (χ0n) is 13.4. The number of hydrogen-bond acceptors (Lipinski definition) is 5. The predicted molar refractivity (Wildman–Crippen MR) is 87.5 cm³/mol. The van der Waals surface area contributed by atoms with Gasteiger partial charge in [-0.15, -0.1) is 0 Å². The van der Waals surface area contributed by atoms with Gasteiger partial charge < -0.3 is 14.2 Å². The molecule has 22 heavy (non-hydrogen) atoms. The highest BCUT2D eigenvalue weighted by atomic mass is 32.1. The number of aromatic nitrogens is 1. The molecule has 2 aromatic rings. The van der Waals surface area contributed by atoms with Gasteiger partial charge >= 0.3 is 0 Å². The fourth-order valence-electron chi connectivity index (χ4n) is 2.57. The molecule has 1 saturated carbocycles. The molecule has 2 aromatic heterocycles. The number of thiazole rings is 1. The largest absolute Gasteiger partial charge is 0.467 e. The molecule has 0 bridgehead atoms. The number of rotatable bonds is 5. The molecule has 1 fully saturated rings. The van der Waals surface area contributed by atoms with E-state index in [0.29, 0.717) is 6.04 Å². The van der Waals surface area contributed by atoms with Crippen molar-refractivity contribution < 1.29 is 9.21 Å². The fraction of sp³-hybridized carbons (Fsp3) is 0.500. The van der Waals surface area contributed by atoms with Crippen LogP contribution in [0.15, 0.2) is 22.8 Å². The number of nitrogens with zero attached hydrogens (tertiary/aromatic N) is 3. The van der Waals surface area contributed by atoms with E-state index in [1.54, 1.807) is 6.26 Å². The maximum absolute atomic E-state index is 13.1. The third kappa shape index (κ3) is 2.75. The maximum atomic E-state index is 13.1. The van der Waals surface area contributed by atoms with E-state index in [0.717, 1.165) is 34.3 Å². The summed E-state index contributed by atoms with van der Waals surface area (Å²) in [4.78, 5) is 22.2. The van der Waals surface area contributed by atoms with Gasteiger partial charge in [0.15, 0.2) is 5.13 Å². The molecule has 2 heterocycles. The standard InChI is InChI=1S/C16H21N3O2S/c1-10-14(22-16(17-10)18(3)4)15(20)19(12-7-8-12)11(2)13-6-5-9-21-13/h5-6,9,11-12H,7-8H2,1-4H3. The van der Waals surface area contributed by atoms with Gasteiger partial charge in [0.05, 0.1) is 18.0 Å². The number of anilines is 1. The molecule has 1 amide bonds. The Morgan fingerprint density at radius 3 is 2.68 bits per heavy atom. The quantitative estimate of drug-likeness (QED) is 0.846. The van der Waals surface area contributed by atoms with Gasteiger partial charge in [-0.1, -0.05) is 11.3 Å². The van der Waals surface area contributed by atoms with Crippen LogP contribution in [0.25, 0.3) is 0 Å². The molecule has 0 aliphatic heterocycles. The second-order valence-corrected chi connectivity index (χ2v) is 6.92. The maximum Gasteiger partial charge on any atom is 0.266 e. The van der Waals surface area contributed by atoms with Crippen LogP contribution in [0.1, 0.15) is 46.9 Å². The van der Waals surface area contributed by atoms with Gasteiger partial charge in [-0.05, 0) is 38.8 Å². The molecule has 0 N–H and O–H groups in total. The molecular weight excluding hydrogens is 298 g/mol. The number of carbonyl (C=O) groups excluding carboxylic acids is 1. The first kappa shape index (κ1) is 15.1. The summed E-state index contributed by atoms with van der Waals surface area (Å²) in [5.41, 5.74) is 0.802. The SMILES string of the molecule is Cc1nc(N(C)C)sc1C(=O)N(C1CC1)C(C)c1ccco1. The van der Waals surface area contributed by atoms with Crippen molar-refractivity contribution in [2.24, 2.45) is 0 Å².